The average molecular weight is 342 g/mol. The molecule has 5 nitrogen and oxygen atoms in total. The standard InChI is InChI=1S/C18H16ClN3O2/c1-11-6-5-9-15(19)16(11)21-17(23)12(2)22-18(24)14-8-4-3-7-13(14)10-20-22/h3-10,12H,1-2H3,(H,21,23)/t12-/m1/s1. The van der Waals surface area contributed by atoms with E-state index in [4.69, 9.17) is 11.6 Å². The third-order valence-electron chi connectivity index (χ3n) is 3.94. The molecule has 0 aliphatic carbocycles. The minimum atomic E-state index is -0.766. The van der Waals surface area contributed by atoms with Gasteiger partial charge in [0.15, 0.2) is 0 Å². The number of aromatic nitrogens is 2. The zero-order valence-electron chi connectivity index (χ0n) is 13.3. The molecule has 3 rings (SSSR count). The third kappa shape index (κ3) is 2.90. The molecule has 0 radical (unpaired) electrons. The summed E-state index contributed by atoms with van der Waals surface area (Å²) < 4.78 is 1.18. The van der Waals surface area contributed by atoms with Crippen LogP contribution in [0.15, 0.2) is 53.5 Å². The van der Waals surface area contributed by atoms with Crippen LogP contribution in [0.2, 0.25) is 5.02 Å². The summed E-state index contributed by atoms with van der Waals surface area (Å²) in [5.74, 6) is -0.351. The predicted molar refractivity (Wildman–Crippen MR) is 95.5 cm³/mol. The number of fused-ring (bicyclic) bond motifs is 1. The van der Waals surface area contributed by atoms with Gasteiger partial charge in [0.2, 0.25) is 5.91 Å². The van der Waals surface area contributed by atoms with E-state index in [1.54, 1.807) is 31.3 Å². The number of nitrogens with one attached hydrogen (secondary N) is 1. The molecule has 0 bridgehead atoms. The maximum Gasteiger partial charge on any atom is 0.275 e. The van der Waals surface area contributed by atoms with Gasteiger partial charge >= 0.3 is 0 Å². The van der Waals surface area contributed by atoms with E-state index >= 15 is 0 Å². The average Bonchev–Trinajstić information content (AvgIpc) is 2.58. The molecule has 0 saturated carbocycles. The van der Waals surface area contributed by atoms with Crippen LogP contribution >= 0.6 is 11.6 Å². The molecule has 0 unspecified atom stereocenters. The molecule has 1 N–H and O–H groups in total. The van der Waals surface area contributed by atoms with Gasteiger partial charge in [0.25, 0.3) is 5.56 Å². The van der Waals surface area contributed by atoms with Gasteiger partial charge in [-0.2, -0.15) is 5.10 Å². The van der Waals surface area contributed by atoms with Crippen LogP contribution in [0, 0.1) is 6.92 Å². The summed E-state index contributed by atoms with van der Waals surface area (Å²) in [4.78, 5) is 25.1. The van der Waals surface area contributed by atoms with E-state index in [9.17, 15) is 9.59 Å². The van der Waals surface area contributed by atoms with Crippen LogP contribution in [0.1, 0.15) is 18.5 Å². The largest absolute Gasteiger partial charge is 0.323 e. The van der Waals surface area contributed by atoms with Gasteiger partial charge in [0.05, 0.1) is 22.3 Å². The van der Waals surface area contributed by atoms with Gasteiger partial charge in [-0.05, 0) is 31.5 Å². The van der Waals surface area contributed by atoms with Crippen LogP contribution in [0.4, 0.5) is 5.69 Å². The first kappa shape index (κ1) is 16.2. The van der Waals surface area contributed by atoms with E-state index in [-0.39, 0.29) is 11.5 Å². The van der Waals surface area contributed by atoms with Gasteiger partial charge in [-0.25, -0.2) is 4.68 Å². The second-order valence-corrected chi connectivity index (χ2v) is 5.99. The minimum Gasteiger partial charge on any atom is -0.323 e. The van der Waals surface area contributed by atoms with Crippen molar-refractivity contribution in [2.45, 2.75) is 19.9 Å². The summed E-state index contributed by atoms with van der Waals surface area (Å²) in [6, 6.07) is 11.8. The molecule has 6 heteroatoms. The predicted octanol–water partition coefficient (Wildman–Crippen LogP) is 3.56. The number of benzene rings is 2. The van der Waals surface area contributed by atoms with E-state index in [1.807, 2.05) is 31.2 Å². The number of hydrogen-bond donors (Lipinski definition) is 1. The molecule has 3 aromatic rings. The molecule has 0 fully saturated rings. The number of anilines is 1. The quantitative estimate of drug-likeness (QED) is 0.792. The lowest BCUT2D eigenvalue weighted by Crippen LogP contribution is -2.33. The topological polar surface area (TPSA) is 64.0 Å². The van der Waals surface area contributed by atoms with E-state index in [0.29, 0.717) is 16.1 Å². The fourth-order valence-corrected chi connectivity index (χ4v) is 2.78. The number of aryl methyl sites for hydroxylation is 1. The van der Waals surface area contributed by atoms with Crippen LogP contribution in [0.3, 0.4) is 0 Å². The molecule has 1 aromatic heterocycles. The molecule has 0 aliphatic rings. The Morgan fingerprint density at radius 3 is 2.71 bits per heavy atom. The van der Waals surface area contributed by atoms with Crippen molar-refractivity contribution in [3.8, 4) is 0 Å². The third-order valence-corrected chi connectivity index (χ3v) is 4.25. The Morgan fingerprint density at radius 1 is 1.21 bits per heavy atom. The van der Waals surface area contributed by atoms with E-state index in [0.717, 1.165) is 10.9 Å². The highest BCUT2D eigenvalue weighted by Crippen LogP contribution is 2.26. The van der Waals surface area contributed by atoms with Crippen molar-refractivity contribution < 1.29 is 4.79 Å². The molecule has 0 aliphatic heterocycles. The highest BCUT2D eigenvalue weighted by molar-refractivity contribution is 6.34. The maximum atomic E-state index is 12.6. The van der Waals surface area contributed by atoms with E-state index in [1.165, 1.54) is 4.68 Å². The molecular formula is C18H16ClN3O2. The fourth-order valence-electron chi connectivity index (χ4n) is 2.51. The zero-order chi connectivity index (χ0) is 17.3. The monoisotopic (exact) mass is 341 g/mol. The lowest BCUT2D eigenvalue weighted by Gasteiger charge is -2.16. The van der Waals surface area contributed by atoms with Crippen molar-refractivity contribution in [2.75, 3.05) is 5.32 Å². The van der Waals surface area contributed by atoms with Gasteiger partial charge in [-0.1, -0.05) is 41.9 Å². The van der Waals surface area contributed by atoms with Gasteiger partial charge in [-0.3, -0.25) is 9.59 Å². The Hall–Kier alpha value is -2.66. The number of carbonyl (C=O) groups is 1. The number of rotatable bonds is 3. The summed E-state index contributed by atoms with van der Waals surface area (Å²) in [5.41, 5.74) is 1.10. The Morgan fingerprint density at radius 2 is 1.96 bits per heavy atom. The summed E-state index contributed by atoms with van der Waals surface area (Å²) >= 11 is 6.13. The molecule has 0 spiro atoms. The van der Waals surface area contributed by atoms with Crippen molar-refractivity contribution in [1.82, 2.24) is 9.78 Å². The van der Waals surface area contributed by atoms with Crippen molar-refractivity contribution in [3.05, 3.63) is 69.6 Å². The minimum absolute atomic E-state index is 0.299. The Balaban J connectivity index is 1.94. The fraction of sp³-hybridized carbons (Fsp3) is 0.167. The summed E-state index contributed by atoms with van der Waals surface area (Å²) in [7, 11) is 0. The number of halogens is 1. The molecule has 1 atom stereocenters. The first-order valence-corrected chi connectivity index (χ1v) is 7.89. The van der Waals surface area contributed by atoms with Crippen molar-refractivity contribution in [3.63, 3.8) is 0 Å². The Kier molecular flexibility index (Phi) is 4.36. The number of amides is 1. The molecule has 1 heterocycles. The van der Waals surface area contributed by atoms with Crippen LogP contribution in [0.25, 0.3) is 10.8 Å². The van der Waals surface area contributed by atoms with Crippen molar-refractivity contribution in [1.29, 1.82) is 0 Å². The van der Waals surface area contributed by atoms with Crippen LogP contribution in [-0.4, -0.2) is 15.7 Å². The van der Waals surface area contributed by atoms with Crippen molar-refractivity contribution >= 4 is 34.0 Å². The highest BCUT2D eigenvalue weighted by atomic mass is 35.5. The molecule has 0 saturated heterocycles. The van der Waals surface area contributed by atoms with Gasteiger partial charge in [-0.15, -0.1) is 0 Å². The van der Waals surface area contributed by atoms with E-state index < -0.39 is 6.04 Å². The zero-order valence-corrected chi connectivity index (χ0v) is 14.0. The number of para-hydroxylation sites is 1. The molecule has 122 valence electrons. The second-order valence-electron chi connectivity index (χ2n) is 5.58. The molecular weight excluding hydrogens is 326 g/mol. The van der Waals surface area contributed by atoms with Crippen molar-refractivity contribution in [2.24, 2.45) is 0 Å². The molecule has 2 aromatic carbocycles. The molecule has 24 heavy (non-hydrogen) atoms. The number of hydrogen-bond acceptors (Lipinski definition) is 3. The summed E-state index contributed by atoms with van der Waals surface area (Å²) in [5, 5.41) is 8.63. The van der Waals surface area contributed by atoms with E-state index in [2.05, 4.69) is 10.4 Å². The first-order chi connectivity index (χ1) is 11.5. The summed E-state index contributed by atoms with van der Waals surface area (Å²) in [6.07, 6.45) is 1.58. The van der Waals surface area contributed by atoms with Crippen LogP contribution in [0.5, 0.6) is 0 Å². The molecule has 1 amide bonds. The second kappa shape index (κ2) is 6.45. The van der Waals surface area contributed by atoms with Crippen LogP contribution in [-0.2, 0) is 4.79 Å². The van der Waals surface area contributed by atoms with Gasteiger partial charge < -0.3 is 5.32 Å². The summed E-state index contributed by atoms with van der Waals surface area (Å²) in [6.45, 7) is 3.48. The van der Waals surface area contributed by atoms with Gasteiger partial charge in [0.1, 0.15) is 6.04 Å². The maximum absolute atomic E-state index is 12.6. The Labute approximate surface area is 143 Å². The Bertz CT molecular complexity index is 961. The van der Waals surface area contributed by atoms with Gasteiger partial charge in [0, 0.05) is 5.39 Å². The number of nitrogens with zero attached hydrogens (tertiary/aromatic N) is 2. The normalized spacial score (nSPS) is 12.1. The lowest BCUT2D eigenvalue weighted by atomic mass is 10.2. The lowest BCUT2D eigenvalue weighted by molar-refractivity contribution is -0.119. The van der Waals surface area contributed by atoms with Crippen LogP contribution < -0.4 is 10.9 Å². The number of carbonyl (C=O) groups excluding carboxylic acids is 1. The SMILES string of the molecule is Cc1cccc(Cl)c1NC(=O)[C@@H](C)n1ncc2ccccc2c1=O. The first-order valence-electron chi connectivity index (χ1n) is 7.51. The smallest absolute Gasteiger partial charge is 0.275 e. The highest BCUT2D eigenvalue weighted by Gasteiger charge is 2.20.